The second-order valence-corrected chi connectivity index (χ2v) is 4.12. The first-order valence-electron chi connectivity index (χ1n) is 5.53. The van der Waals surface area contributed by atoms with Crippen molar-refractivity contribution in [3.8, 4) is 5.75 Å². The summed E-state index contributed by atoms with van der Waals surface area (Å²) in [4.78, 5) is 13.5. The zero-order chi connectivity index (χ0) is 12.1. The van der Waals surface area contributed by atoms with E-state index in [2.05, 4.69) is 0 Å². The lowest BCUT2D eigenvalue weighted by Crippen LogP contribution is -2.17. The van der Waals surface area contributed by atoms with E-state index in [1.807, 2.05) is 57.1 Å². The quantitative estimate of drug-likeness (QED) is 0.578. The predicted octanol–water partition coefficient (Wildman–Crippen LogP) is 2.70. The summed E-state index contributed by atoms with van der Waals surface area (Å²) in [6, 6.07) is 7.49. The number of hydrogen-bond acceptors (Lipinski definition) is 3. The van der Waals surface area contributed by atoms with Crippen molar-refractivity contribution in [1.29, 1.82) is 0 Å². The van der Waals surface area contributed by atoms with Crippen molar-refractivity contribution in [3.63, 3.8) is 0 Å². The fraction of sp³-hybridized carbons (Fsp3) is 0.462. The van der Waals surface area contributed by atoms with Crippen LogP contribution in [0.1, 0.15) is 20.3 Å². The molecule has 1 unspecified atom stereocenters. The van der Waals surface area contributed by atoms with Crippen LogP contribution in [0.15, 0.2) is 24.3 Å². The second-order valence-electron chi connectivity index (χ2n) is 4.12. The van der Waals surface area contributed by atoms with Crippen molar-refractivity contribution in [2.45, 2.75) is 20.3 Å². The number of esters is 1. The monoisotopic (exact) mass is 221 g/mol. The van der Waals surface area contributed by atoms with Crippen molar-refractivity contribution < 1.29 is 9.53 Å². The van der Waals surface area contributed by atoms with E-state index < -0.39 is 0 Å². The Balaban J connectivity index is 2.65. The highest BCUT2D eigenvalue weighted by Gasteiger charge is 2.12. The minimum Gasteiger partial charge on any atom is -0.426 e. The highest BCUT2D eigenvalue weighted by atomic mass is 16.5. The van der Waals surface area contributed by atoms with Gasteiger partial charge in [0.1, 0.15) is 5.75 Å². The Labute approximate surface area is 97.0 Å². The summed E-state index contributed by atoms with van der Waals surface area (Å²) in [5, 5.41) is 0. The summed E-state index contributed by atoms with van der Waals surface area (Å²) in [6.07, 6.45) is 0.800. The molecule has 0 saturated heterocycles. The van der Waals surface area contributed by atoms with Crippen LogP contribution in [0.25, 0.3) is 0 Å². The number of nitrogens with zero attached hydrogens (tertiary/aromatic N) is 1. The second kappa shape index (κ2) is 5.54. The summed E-state index contributed by atoms with van der Waals surface area (Å²) in [5.74, 6) is 0.393. The van der Waals surface area contributed by atoms with E-state index in [9.17, 15) is 4.79 Å². The van der Waals surface area contributed by atoms with Gasteiger partial charge in [-0.25, -0.2) is 0 Å². The van der Waals surface area contributed by atoms with Crippen LogP contribution in [0.2, 0.25) is 0 Å². The Morgan fingerprint density at radius 3 is 2.31 bits per heavy atom. The fourth-order valence-electron chi connectivity index (χ4n) is 1.20. The van der Waals surface area contributed by atoms with Crippen LogP contribution in [0.3, 0.4) is 0 Å². The average Bonchev–Trinajstić information content (AvgIpc) is 2.28. The molecule has 0 bridgehead atoms. The van der Waals surface area contributed by atoms with E-state index in [1.165, 1.54) is 0 Å². The molecule has 0 radical (unpaired) electrons. The summed E-state index contributed by atoms with van der Waals surface area (Å²) < 4.78 is 5.24. The van der Waals surface area contributed by atoms with Crippen molar-refractivity contribution in [2.24, 2.45) is 5.92 Å². The Hall–Kier alpha value is -1.51. The van der Waals surface area contributed by atoms with Crippen LogP contribution in [-0.4, -0.2) is 20.1 Å². The largest absolute Gasteiger partial charge is 0.426 e. The van der Waals surface area contributed by atoms with Gasteiger partial charge in [0.25, 0.3) is 0 Å². The van der Waals surface area contributed by atoms with Crippen LogP contribution in [-0.2, 0) is 4.79 Å². The number of rotatable bonds is 4. The van der Waals surface area contributed by atoms with E-state index in [1.54, 1.807) is 0 Å². The van der Waals surface area contributed by atoms with Crippen LogP contribution in [0.5, 0.6) is 5.75 Å². The molecule has 0 aliphatic rings. The Bertz CT molecular complexity index is 343. The van der Waals surface area contributed by atoms with Crippen molar-refractivity contribution >= 4 is 11.7 Å². The molecule has 16 heavy (non-hydrogen) atoms. The maximum atomic E-state index is 11.5. The number of anilines is 1. The first kappa shape index (κ1) is 12.6. The number of carbonyl (C=O) groups is 1. The molecule has 1 atom stereocenters. The van der Waals surface area contributed by atoms with E-state index in [-0.39, 0.29) is 11.9 Å². The SMILES string of the molecule is CCC(C)C(=O)Oc1ccc(N(C)C)cc1. The van der Waals surface area contributed by atoms with E-state index in [0.29, 0.717) is 5.75 Å². The minimum atomic E-state index is -0.167. The zero-order valence-corrected chi connectivity index (χ0v) is 10.4. The Morgan fingerprint density at radius 1 is 1.31 bits per heavy atom. The van der Waals surface area contributed by atoms with Crippen LogP contribution in [0.4, 0.5) is 5.69 Å². The van der Waals surface area contributed by atoms with Crippen molar-refractivity contribution in [2.75, 3.05) is 19.0 Å². The van der Waals surface area contributed by atoms with Gasteiger partial charge in [0.15, 0.2) is 0 Å². The van der Waals surface area contributed by atoms with Gasteiger partial charge in [-0.1, -0.05) is 13.8 Å². The molecule has 0 saturated carbocycles. The zero-order valence-electron chi connectivity index (χ0n) is 10.4. The van der Waals surface area contributed by atoms with Crippen LogP contribution < -0.4 is 9.64 Å². The maximum absolute atomic E-state index is 11.5. The third kappa shape index (κ3) is 3.26. The summed E-state index contributed by atoms with van der Waals surface area (Å²) in [6.45, 7) is 3.84. The number of ether oxygens (including phenoxy) is 1. The number of benzene rings is 1. The highest BCUT2D eigenvalue weighted by molar-refractivity contribution is 5.74. The molecule has 0 spiro atoms. The molecule has 88 valence electrons. The normalized spacial score (nSPS) is 12.0. The fourth-order valence-corrected chi connectivity index (χ4v) is 1.20. The highest BCUT2D eigenvalue weighted by Crippen LogP contribution is 2.18. The topological polar surface area (TPSA) is 29.5 Å². The standard InChI is InChI=1S/C13H19NO2/c1-5-10(2)13(15)16-12-8-6-11(7-9-12)14(3)4/h6-10H,5H2,1-4H3. The minimum absolute atomic E-state index is 0.0477. The average molecular weight is 221 g/mol. The molecule has 0 N–H and O–H groups in total. The van der Waals surface area contributed by atoms with Gasteiger partial charge in [-0.2, -0.15) is 0 Å². The van der Waals surface area contributed by atoms with E-state index in [0.717, 1.165) is 12.1 Å². The first-order valence-corrected chi connectivity index (χ1v) is 5.53. The van der Waals surface area contributed by atoms with E-state index >= 15 is 0 Å². The molecule has 0 amide bonds. The van der Waals surface area contributed by atoms with Gasteiger partial charge in [-0.05, 0) is 30.7 Å². The van der Waals surface area contributed by atoms with Gasteiger partial charge >= 0.3 is 5.97 Å². The molecule has 1 rings (SSSR count). The Morgan fingerprint density at radius 2 is 1.88 bits per heavy atom. The van der Waals surface area contributed by atoms with Gasteiger partial charge in [-0.3, -0.25) is 4.79 Å². The molecule has 1 aromatic carbocycles. The maximum Gasteiger partial charge on any atom is 0.314 e. The van der Waals surface area contributed by atoms with Crippen molar-refractivity contribution in [3.05, 3.63) is 24.3 Å². The summed E-state index contributed by atoms with van der Waals surface area (Å²) in [7, 11) is 3.94. The molecule has 0 heterocycles. The lowest BCUT2D eigenvalue weighted by atomic mass is 10.1. The molecule has 1 aromatic rings. The third-order valence-corrected chi connectivity index (χ3v) is 2.59. The van der Waals surface area contributed by atoms with E-state index in [4.69, 9.17) is 4.74 Å². The molecule has 0 fully saturated rings. The summed E-state index contributed by atoms with van der Waals surface area (Å²) >= 11 is 0. The summed E-state index contributed by atoms with van der Waals surface area (Å²) in [5.41, 5.74) is 1.09. The predicted molar refractivity (Wildman–Crippen MR) is 65.9 cm³/mol. The third-order valence-electron chi connectivity index (χ3n) is 2.59. The van der Waals surface area contributed by atoms with Crippen LogP contribution >= 0.6 is 0 Å². The lowest BCUT2D eigenvalue weighted by molar-refractivity contribution is -0.138. The Kier molecular flexibility index (Phi) is 4.35. The molecular weight excluding hydrogens is 202 g/mol. The molecule has 0 aliphatic heterocycles. The smallest absolute Gasteiger partial charge is 0.314 e. The molecule has 3 nitrogen and oxygen atoms in total. The van der Waals surface area contributed by atoms with Gasteiger partial charge in [0.05, 0.1) is 5.92 Å². The first-order chi connectivity index (χ1) is 7.54. The van der Waals surface area contributed by atoms with Crippen LogP contribution in [0, 0.1) is 5.92 Å². The van der Waals surface area contributed by atoms with Crippen molar-refractivity contribution in [1.82, 2.24) is 0 Å². The molecule has 0 aliphatic carbocycles. The number of carbonyl (C=O) groups excluding carboxylic acids is 1. The van der Waals surface area contributed by atoms with Gasteiger partial charge in [0, 0.05) is 19.8 Å². The molecule has 0 aromatic heterocycles. The molecular formula is C13H19NO2. The van der Waals surface area contributed by atoms with Gasteiger partial charge in [-0.15, -0.1) is 0 Å². The van der Waals surface area contributed by atoms with Gasteiger partial charge in [0.2, 0.25) is 0 Å². The number of hydrogen-bond donors (Lipinski definition) is 0. The lowest BCUT2D eigenvalue weighted by Gasteiger charge is -2.13. The van der Waals surface area contributed by atoms with Gasteiger partial charge < -0.3 is 9.64 Å². The molecule has 3 heteroatoms.